The molecule has 9 nitrogen and oxygen atoms in total. The maximum atomic E-state index is 5.54. The number of fused-ring (bicyclic) bond motifs is 3. The van der Waals surface area contributed by atoms with Crippen LogP contribution in [-0.4, -0.2) is 42.5 Å². The van der Waals surface area contributed by atoms with Gasteiger partial charge in [-0.1, -0.05) is 0 Å². The molecule has 4 rings (SSSR count). The van der Waals surface area contributed by atoms with Crippen LogP contribution in [0.3, 0.4) is 0 Å². The molecule has 0 spiro atoms. The predicted molar refractivity (Wildman–Crippen MR) is 89.5 cm³/mol. The number of aromatic nitrogens is 6. The monoisotopic (exact) mass is 326 g/mol. The Balaban J connectivity index is 1.82. The van der Waals surface area contributed by atoms with Gasteiger partial charge in [0.05, 0.1) is 11.6 Å². The zero-order valence-electron chi connectivity index (χ0n) is 13.3. The minimum atomic E-state index is 0.517. The minimum absolute atomic E-state index is 0.517. The van der Waals surface area contributed by atoms with Gasteiger partial charge in [-0.05, 0) is 31.5 Å². The molecule has 0 fully saturated rings. The first kappa shape index (κ1) is 14.6. The molecule has 0 aliphatic heterocycles. The average Bonchev–Trinajstić information content (AvgIpc) is 3.28. The Morgan fingerprint density at radius 3 is 2.96 bits per heavy atom. The number of nitrogens with zero attached hydrogens (tertiary/aromatic N) is 6. The van der Waals surface area contributed by atoms with Crippen molar-refractivity contribution >= 4 is 22.6 Å². The van der Waals surface area contributed by atoms with Crippen LogP contribution in [0, 0.1) is 0 Å². The zero-order valence-corrected chi connectivity index (χ0v) is 13.3. The van der Waals surface area contributed by atoms with Gasteiger partial charge in [0.25, 0.3) is 0 Å². The Kier molecular flexibility index (Phi) is 3.62. The molecular weight excluding hydrogens is 308 g/mol. The van der Waals surface area contributed by atoms with Crippen LogP contribution in [0.1, 0.15) is 12.8 Å². The lowest BCUT2D eigenvalue weighted by molar-refractivity contribution is 0.577. The second-order valence-corrected chi connectivity index (χ2v) is 5.55. The highest BCUT2D eigenvalue weighted by Crippen LogP contribution is 2.23. The van der Waals surface area contributed by atoms with Crippen molar-refractivity contribution in [3.05, 3.63) is 24.6 Å². The topological polar surface area (TPSA) is 112 Å². The van der Waals surface area contributed by atoms with E-state index in [0.29, 0.717) is 35.4 Å². The van der Waals surface area contributed by atoms with E-state index >= 15 is 0 Å². The van der Waals surface area contributed by atoms with Crippen molar-refractivity contribution < 1.29 is 4.42 Å². The Labute approximate surface area is 137 Å². The number of nitrogens with one attached hydrogen (secondary N) is 1. The summed E-state index contributed by atoms with van der Waals surface area (Å²) >= 11 is 0. The van der Waals surface area contributed by atoms with Crippen LogP contribution in [0.25, 0.3) is 28.3 Å². The van der Waals surface area contributed by atoms with E-state index in [9.17, 15) is 0 Å². The summed E-state index contributed by atoms with van der Waals surface area (Å²) < 4.78 is 8.82. The first-order chi connectivity index (χ1) is 11.8. The smallest absolute Gasteiger partial charge is 0.228 e. The van der Waals surface area contributed by atoms with Gasteiger partial charge in [0.15, 0.2) is 17.1 Å². The van der Waals surface area contributed by atoms with Crippen LogP contribution in [-0.2, 0) is 7.05 Å². The first-order valence-electron chi connectivity index (χ1n) is 7.84. The van der Waals surface area contributed by atoms with Gasteiger partial charge in [0.2, 0.25) is 11.8 Å². The highest BCUT2D eigenvalue weighted by Gasteiger charge is 2.17. The van der Waals surface area contributed by atoms with E-state index < -0.39 is 0 Å². The van der Waals surface area contributed by atoms with Crippen molar-refractivity contribution in [3.63, 3.8) is 0 Å². The lowest BCUT2D eigenvalue weighted by atomic mass is 10.3. The van der Waals surface area contributed by atoms with E-state index in [2.05, 4.69) is 25.5 Å². The Hall–Kier alpha value is -2.94. The lowest BCUT2D eigenvalue weighted by Crippen LogP contribution is -2.10. The molecule has 0 amide bonds. The minimum Gasteiger partial charge on any atom is -0.461 e. The summed E-state index contributed by atoms with van der Waals surface area (Å²) in [6.07, 6.45) is 5.40. The van der Waals surface area contributed by atoms with Gasteiger partial charge < -0.3 is 15.5 Å². The Morgan fingerprint density at radius 1 is 1.25 bits per heavy atom. The third-order valence-electron chi connectivity index (χ3n) is 3.73. The summed E-state index contributed by atoms with van der Waals surface area (Å²) in [5, 5.41) is 13.1. The third kappa shape index (κ3) is 2.48. The van der Waals surface area contributed by atoms with E-state index in [0.717, 1.165) is 24.8 Å². The highest BCUT2D eigenvalue weighted by atomic mass is 16.3. The number of unbranched alkanes of at least 4 members (excludes halogenated alkanes) is 1. The molecule has 0 aliphatic rings. The van der Waals surface area contributed by atoms with Crippen LogP contribution in [0.4, 0.5) is 5.95 Å². The van der Waals surface area contributed by atoms with Crippen LogP contribution in [0.5, 0.6) is 0 Å². The molecular formula is C15H18N8O. The second kappa shape index (κ2) is 5.93. The van der Waals surface area contributed by atoms with Crippen molar-refractivity contribution in [1.82, 2.24) is 29.4 Å². The maximum Gasteiger partial charge on any atom is 0.228 e. The fourth-order valence-corrected chi connectivity index (χ4v) is 2.59. The van der Waals surface area contributed by atoms with Crippen molar-refractivity contribution in [3.8, 4) is 11.6 Å². The summed E-state index contributed by atoms with van der Waals surface area (Å²) in [6, 6.07) is 3.64. The molecule has 9 heteroatoms. The summed E-state index contributed by atoms with van der Waals surface area (Å²) in [7, 11) is 1.86. The molecule has 4 aromatic heterocycles. The molecule has 0 aliphatic carbocycles. The molecule has 124 valence electrons. The summed E-state index contributed by atoms with van der Waals surface area (Å²) in [4.78, 5) is 9.18. The van der Waals surface area contributed by atoms with Crippen molar-refractivity contribution in [2.45, 2.75) is 12.8 Å². The zero-order chi connectivity index (χ0) is 16.5. The van der Waals surface area contributed by atoms with Crippen molar-refractivity contribution in [2.24, 2.45) is 12.8 Å². The largest absolute Gasteiger partial charge is 0.461 e. The number of anilines is 1. The molecule has 4 heterocycles. The molecule has 3 N–H and O–H groups in total. The standard InChI is InChI=1S/C15H18N8O/c1-22-9-10-12(20-22)19-15(17-7-3-2-6-16)23-14(10)18-13(21-23)11-5-4-8-24-11/h4-5,8-9H,2-3,6-7,16H2,1H3,(H,17,19,20). The predicted octanol–water partition coefficient (Wildman–Crippen LogP) is 1.42. The molecule has 0 atom stereocenters. The number of nitrogens with two attached hydrogens (primary N) is 1. The van der Waals surface area contributed by atoms with Gasteiger partial charge in [-0.25, -0.2) is 4.98 Å². The summed E-state index contributed by atoms with van der Waals surface area (Å²) in [6.45, 7) is 1.43. The number of hydrogen-bond donors (Lipinski definition) is 2. The maximum absolute atomic E-state index is 5.54. The molecule has 0 saturated carbocycles. The molecule has 0 saturated heterocycles. The van der Waals surface area contributed by atoms with E-state index in [1.165, 1.54) is 0 Å². The van der Waals surface area contributed by atoms with Crippen molar-refractivity contribution in [1.29, 1.82) is 0 Å². The molecule has 0 unspecified atom stereocenters. The second-order valence-electron chi connectivity index (χ2n) is 5.55. The number of hydrogen-bond acceptors (Lipinski definition) is 7. The Bertz CT molecular complexity index is 969. The quantitative estimate of drug-likeness (QED) is 0.515. The van der Waals surface area contributed by atoms with Crippen LogP contribution >= 0.6 is 0 Å². The molecule has 0 bridgehead atoms. The van der Waals surface area contributed by atoms with Gasteiger partial charge in [-0.15, -0.1) is 5.10 Å². The molecule has 4 aromatic rings. The molecule has 24 heavy (non-hydrogen) atoms. The van der Waals surface area contributed by atoms with Gasteiger partial charge in [0, 0.05) is 19.8 Å². The first-order valence-corrected chi connectivity index (χ1v) is 7.84. The lowest BCUT2D eigenvalue weighted by Gasteiger charge is -2.06. The van der Waals surface area contributed by atoms with Crippen molar-refractivity contribution in [2.75, 3.05) is 18.4 Å². The van der Waals surface area contributed by atoms with E-state index in [4.69, 9.17) is 10.2 Å². The number of rotatable bonds is 6. The number of aryl methyl sites for hydroxylation is 1. The molecule has 0 radical (unpaired) electrons. The molecule has 0 aromatic carbocycles. The van der Waals surface area contributed by atoms with Crippen LogP contribution < -0.4 is 11.1 Å². The van der Waals surface area contributed by atoms with E-state index in [1.54, 1.807) is 15.5 Å². The number of furan rings is 1. The summed E-state index contributed by atoms with van der Waals surface area (Å²) in [5.41, 5.74) is 6.86. The van der Waals surface area contributed by atoms with E-state index in [-0.39, 0.29) is 0 Å². The normalized spacial score (nSPS) is 11.6. The van der Waals surface area contributed by atoms with Crippen LogP contribution in [0.2, 0.25) is 0 Å². The van der Waals surface area contributed by atoms with Crippen LogP contribution in [0.15, 0.2) is 29.0 Å². The van der Waals surface area contributed by atoms with Gasteiger partial charge in [-0.3, -0.25) is 4.68 Å². The third-order valence-corrected chi connectivity index (χ3v) is 3.73. The SMILES string of the molecule is Cn1cc2c(nc(NCCCCN)n3nc(-c4ccco4)nc23)n1. The Morgan fingerprint density at radius 2 is 2.17 bits per heavy atom. The highest BCUT2D eigenvalue weighted by molar-refractivity contribution is 5.90. The van der Waals surface area contributed by atoms with Gasteiger partial charge in [-0.2, -0.15) is 14.6 Å². The average molecular weight is 326 g/mol. The van der Waals surface area contributed by atoms with E-state index in [1.807, 2.05) is 25.4 Å². The summed E-state index contributed by atoms with van der Waals surface area (Å²) in [5.74, 6) is 1.74. The van der Waals surface area contributed by atoms with Gasteiger partial charge in [0.1, 0.15) is 0 Å². The fourth-order valence-electron chi connectivity index (χ4n) is 2.59. The fraction of sp³-hybridized carbons (Fsp3) is 0.333. The van der Waals surface area contributed by atoms with Gasteiger partial charge >= 0.3 is 0 Å².